The Balaban J connectivity index is 1.04. The van der Waals surface area contributed by atoms with E-state index in [-0.39, 0.29) is 41.1 Å². The van der Waals surface area contributed by atoms with E-state index in [1.807, 2.05) is 70.5 Å². The molecule has 2 fully saturated rings. The lowest BCUT2D eigenvalue weighted by Crippen LogP contribution is -2.49. The first-order valence-corrected chi connectivity index (χ1v) is 19.6. The Kier molecular flexibility index (Phi) is 9.44. The number of ether oxygens (including phenoxy) is 1. The fourth-order valence-corrected chi connectivity index (χ4v) is 9.34. The Morgan fingerprint density at radius 1 is 0.760 bits per heavy atom. The standard InChI is InChI=1S/C36H38N6O6S2/c1-2-48-35(43)33-25-37-36(41-17-15-30(16-18-41)39-49(44,45)31-13-11-26-7-3-5-9-28(26)23-31)38-34(33)40-19-21-42(22-20-40)50(46,47)32-14-12-27-8-4-6-10-29(27)24-32/h3-14,23-25,30,39H,2,15-22H2,1H3. The Labute approximate surface area is 291 Å². The van der Waals surface area contributed by atoms with Crippen molar-refractivity contribution in [2.75, 3.05) is 55.7 Å². The highest BCUT2D eigenvalue weighted by molar-refractivity contribution is 7.89. The van der Waals surface area contributed by atoms with Crippen molar-refractivity contribution < 1.29 is 26.4 Å². The minimum atomic E-state index is -3.74. The highest BCUT2D eigenvalue weighted by Gasteiger charge is 2.32. The van der Waals surface area contributed by atoms with E-state index in [9.17, 15) is 21.6 Å². The zero-order valence-electron chi connectivity index (χ0n) is 27.6. The lowest BCUT2D eigenvalue weighted by molar-refractivity contribution is 0.0526. The molecule has 0 radical (unpaired) electrons. The first-order chi connectivity index (χ1) is 24.1. The Morgan fingerprint density at radius 2 is 1.34 bits per heavy atom. The summed E-state index contributed by atoms with van der Waals surface area (Å²) in [6.07, 6.45) is 2.54. The highest BCUT2D eigenvalue weighted by atomic mass is 32.2. The number of sulfonamides is 2. The van der Waals surface area contributed by atoms with Gasteiger partial charge in [-0.2, -0.15) is 9.29 Å². The van der Waals surface area contributed by atoms with Gasteiger partial charge in [-0.1, -0.05) is 60.7 Å². The number of esters is 1. The number of anilines is 2. The van der Waals surface area contributed by atoms with Gasteiger partial charge in [0.2, 0.25) is 26.0 Å². The molecule has 0 atom stereocenters. The minimum Gasteiger partial charge on any atom is -0.462 e. The summed E-state index contributed by atoms with van der Waals surface area (Å²) >= 11 is 0. The van der Waals surface area contributed by atoms with E-state index in [0.717, 1.165) is 21.5 Å². The fraction of sp³-hybridized carbons (Fsp3) is 0.306. The van der Waals surface area contributed by atoms with Gasteiger partial charge in [0.25, 0.3) is 0 Å². The van der Waals surface area contributed by atoms with E-state index in [1.165, 1.54) is 10.5 Å². The normalized spacial score (nSPS) is 16.6. The molecule has 0 amide bonds. The molecule has 0 saturated carbocycles. The van der Waals surface area contributed by atoms with Crippen molar-refractivity contribution in [1.29, 1.82) is 0 Å². The molecule has 50 heavy (non-hydrogen) atoms. The van der Waals surface area contributed by atoms with E-state index in [1.54, 1.807) is 31.2 Å². The predicted molar refractivity (Wildman–Crippen MR) is 192 cm³/mol. The van der Waals surface area contributed by atoms with Crippen LogP contribution in [0, 0.1) is 0 Å². The van der Waals surface area contributed by atoms with Gasteiger partial charge in [-0.05, 0) is 65.6 Å². The van der Waals surface area contributed by atoms with Crippen LogP contribution in [0.2, 0.25) is 0 Å². The third kappa shape index (κ3) is 6.88. The third-order valence-electron chi connectivity index (χ3n) is 9.28. The summed E-state index contributed by atoms with van der Waals surface area (Å²) in [7, 11) is -7.46. The maximum absolute atomic E-state index is 13.6. The molecular weight excluding hydrogens is 677 g/mol. The summed E-state index contributed by atoms with van der Waals surface area (Å²) in [4.78, 5) is 26.6. The maximum atomic E-state index is 13.6. The molecule has 4 aromatic carbocycles. The van der Waals surface area contributed by atoms with Gasteiger partial charge >= 0.3 is 5.97 Å². The number of hydrogen-bond donors (Lipinski definition) is 1. The number of rotatable bonds is 9. The smallest absolute Gasteiger partial charge is 0.343 e. The van der Waals surface area contributed by atoms with Crippen LogP contribution in [-0.4, -0.2) is 89.0 Å². The van der Waals surface area contributed by atoms with Crippen molar-refractivity contribution in [2.45, 2.75) is 35.6 Å². The predicted octanol–water partition coefficient (Wildman–Crippen LogP) is 4.42. The first-order valence-electron chi connectivity index (χ1n) is 16.7. The lowest BCUT2D eigenvalue weighted by atomic mass is 10.1. The molecule has 1 N–H and O–H groups in total. The largest absolute Gasteiger partial charge is 0.462 e. The van der Waals surface area contributed by atoms with Gasteiger partial charge in [-0.3, -0.25) is 0 Å². The van der Waals surface area contributed by atoms with Crippen LogP contribution in [0.25, 0.3) is 21.5 Å². The molecule has 14 heteroatoms. The minimum absolute atomic E-state index is 0.181. The molecule has 1 aromatic heterocycles. The van der Waals surface area contributed by atoms with Crippen molar-refractivity contribution in [3.63, 3.8) is 0 Å². The Bertz CT molecular complexity index is 2270. The average Bonchev–Trinajstić information content (AvgIpc) is 3.14. The maximum Gasteiger partial charge on any atom is 0.343 e. The molecule has 2 aliphatic rings. The van der Waals surface area contributed by atoms with Crippen LogP contribution in [0.3, 0.4) is 0 Å². The van der Waals surface area contributed by atoms with Crippen LogP contribution in [-0.2, 0) is 24.8 Å². The molecule has 12 nitrogen and oxygen atoms in total. The van der Waals surface area contributed by atoms with E-state index in [2.05, 4.69) is 9.71 Å². The molecule has 2 aliphatic heterocycles. The average molecular weight is 715 g/mol. The van der Waals surface area contributed by atoms with E-state index in [4.69, 9.17) is 9.72 Å². The monoisotopic (exact) mass is 714 g/mol. The van der Waals surface area contributed by atoms with E-state index >= 15 is 0 Å². The number of benzene rings is 4. The summed E-state index contributed by atoms with van der Waals surface area (Å²) in [6.45, 7) is 3.95. The Hall–Kier alpha value is -4.63. The van der Waals surface area contributed by atoms with Crippen LogP contribution in [0.5, 0.6) is 0 Å². The third-order valence-corrected chi connectivity index (χ3v) is 12.7. The number of piperidine rings is 1. The topological polar surface area (TPSA) is 142 Å². The summed E-state index contributed by atoms with van der Waals surface area (Å²) in [6, 6.07) is 25.3. The number of carbonyl (C=O) groups is 1. The molecule has 0 spiro atoms. The quantitative estimate of drug-likeness (QED) is 0.218. The number of fused-ring (bicyclic) bond motifs is 2. The second-order valence-corrected chi connectivity index (χ2v) is 16.1. The second kappa shape index (κ2) is 13.9. The van der Waals surface area contributed by atoms with Crippen LogP contribution in [0.1, 0.15) is 30.1 Å². The Morgan fingerprint density at radius 3 is 1.96 bits per heavy atom. The van der Waals surface area contributed by atoms with Gasteiger partial charge in [0.1, 0.15) is 11.4 Å². The number of carbonyl (C=O) groups excluding carboxylic acids is 1. The lowest BCUT2D eigenvalue weighted by Gasteiger charge is -2.36. The van der Waals surface area contributed by atoms with Crippen molar-refractivity contribution in [2.24, 2.45) is 0 Å². The molecule has 7 rings (SSSR count). The van der Waals surface area contributed by atoms with E-state index in [0.29, 0.717) is 50.8 Å². The van der Waals surface area contributed by atoms with Gasteiger partial charge in [0, 0.05) is 51.5 Å². The number of hydrogen-bond acceptors (Lipinski definition) is 10. The van der Waals surface area contributed by atoms with Crippen molar-refractivity contribution in [3.8, 4) is 0 Å². The van der Waals surface area contributed by atoms with Crippen LogP contribution >= 0.6 is 0 Å². The second-order valence-electron chi connectivity index (χ2n) is 12.4. The molecule has 5 aromatic rings. The zero-order chi connectivity index (χ0) is 34.9. The number of aromatic nitrogens is 2. The SMILES string of the molecule is CCOC(=O)c1cnc(N2CCC(NS(=O)(=O)c3ccc4ccccc4c3)CC2)nc1N1CCN(S(=O)(=O)c2ccc3ccccc3c2)CC1. The summed E-state index contributed by atoms with van der Waals surface area (Å²) < 4.78 is 63.3. The molecule has 0 unspecified atom stereocenters. The van der Waals surface area contributed by atoms with Gasteiger partial charge in [0.05, 0.1) is 16.4 Å². The summed E-state index contributed by atoms with van der Waals surface area (Å²) in [5.41, 5.74) is 0.208. The van der Waals surface area contributed by atoms with Gasteiger partial charge in [0.15, 0.2) is 0 Å². The van der Waals surface area contributed by atoms with Crippen molar-refractivity contribution in [3.05, 3.63) is 96.7 Å². The number of piperazine rings is 1. The van der Waals surface area contributed by atoms with Crippen LogP contribution in [0.4, 0.5) is 11.8 Å². The fourth-order valence-electron chi connectivity index (χ4n) is 6.55. The van der Waals surface area contributed by atoms with Gasteiger partial charge in [-0.15, -0.1) is 0 Å². The number of nitrogens with one attached hydrogen (secondary N) is 1. The molecule has 0 aliphatic carbocycles. The van der Waals surface area contributed by atoms with E-state index < -0.39 is 26.0 Å². The highest BCUT2D eigenvalue weighted by Crippen LogP contribution is 2.28. The summed E-state index contributed by atoms with van der Waals surface area (Å²) in [5, 5.41) is 3.65. The number of nitrogens with zero attached hydrogens (tertiary/aromatic N) is 5. The van der Waals surface area contributed by atoms with Crippen LogP contribution in [0.15, 0.2) is 101 Å². The zero-order valence-corrected chi connectivity index (χ0v) is 29.2. The molecule has 3 heterocycles. The van der Waals surface area contributed by atoms with Crippen LogP contribution < -0.4 is 14.5 Å². The molecule has 2 saturated heterocycles. The summed E-state index contributed by atoms with van der Waals surface area (Å²) in [5.74, 6) is 0.243. The van der Waals surface area contributed by atoms with Gasteiger partial charge in [-0.25, -0.2) is 31.3 Å². The van der Waals surface area contributed by atoms with Crippen molar-refractivity contribution >= 4 is 59.3 Å². The molecule has 260 valence electrons. The first kappa shape index (κ1) is 33.8. The molecular formula is C36H38N6O6S2. The molecule has 0 bridgehead atoms. The van der Waals surface area contributed by atoms with Crippen molar-refractivity contribution in [1.82, 2.24) is 19.0 Å². The van der Waals surface area contributed by atoms with Gasteiger partial charge < -0.3 is 14.5 Å².